The first-order chi connectivity index (χ1) is 7.60. The highest BCUT2D eigenvalue weighted by molar-refractivity contribution is 14.1. The molecule has 0 aliphatic rings. The lowest BCUT2D eigenvalue weighted by molar-refractivity contribution is -0.142. The molecule has 0 fully saturated rings. The van der Waals surface area contributed by atoms with Crippen molar-refractivity contribution in [1.82, 2.24) is 0 Å². The molecule has 1 aromatic carbocycles. The van der Waals surface area contributed by atoms with Gasteiger partial charge in [-0.15, -0.1) is 0 Å². The van der Waals surface area contributed by atoms with Crippen LogP contribution >= 0.6 is 34.2 Å². The second kappa shape index (κ2) is 6.06. The second-order valence-corrected chi connectivity index (χ2v) is 4.52. The summed E-state index contributed by atoms with van der Waals surface area (Å²) in [5, 5.41) is 9.15. The minimum absolute atomic E-state index is 0.0977. The van der Waals surface area contributed by atoms with Crippen molar-refractivity contribution in [2.24, 2.45) is 0 Å². The topological polar surface area (TPSA) is 50.1 Å². The number of hydrogen-bond donors (Lipinski definition) is 0. The standard InChI is InChI=1S/C11H9ClINO2/c1-2-16-10(15)5-8-9(13)4-3-7(6-14)11(8)12/h3-4H,2,5H2,1H3. The average Bonchev–Trinajstić information content (AvgIpc) is 2.25. The van der Waals surface area contributed by atoms with Crippen molar-refractivity contribution in [2.75, 3.05) is 6.61 Å². The van der Waals surface area contributed by atoms with Gasteiger partial charge in [0.2, 0.25) is 0 Å². The van der Waals surface area contributed by atoms with Crippen molar-refractivity contribution in [3.05, 3.63) is 31.9 Å². The second-order valence-electron chi connectivity index (χ2n) is 2.98. The molecule has 0 radical (unpaired) electrons. The molecule has 0 aromatic heterocycles. The Hall–Kier alpha value is -0.800. The predicted molar refractivity (Wildman–Crippen MR) is 69.2 cm³/mol. The van der Waals surface area contributed by atoms with Crippen LogP contribution in [0.2, 0.25) is 5.02 Å². The fourth-order valence-electron chi connectivity index (χ4n) is 1.20. The normalized spacial score (nSPS) is 9.62. The molecule has 0 unspecified atom stereocenters. The summed E-state index contributed by atoms with van der Waals surface area (Å²) in [5.74, 6) is -0.336. The van der Waals surface area contributed by atoms with E-state index in [-0.39, 0.29) is 12.4 Å². The molecule has 5 heteroatoms. The predicted octanol–water partition coefficient (Wildman–Crippen LogP) is 2.92. The molecule has 0 aliphatic carbocycles. The third-order valence-corrected chi connectivity index (χ3v) is 3.38. The van der Waals surface area contributed by atoms with Crippen LogP contribution in [-0.4, -0.2) is 12.6 Å². The van der Waals surface area contributed by atoms with Gasteiger partial charge in [-0.1, -0.05) is 11.6 Å². The summed E-state index contributed by atoms with van der Waals surface area (Å²) < 4.78 is 5.70. The van der Waals surface area contributed by atoms with Crippen molar-refractivity contribution in [1.29, 1.82) is 5.26 Å². The third kappa shape index (κ3) is 3.09. The van der Waals surface area contributed by atoms with Gasteiger partial charge in [0.15, 0.2) is 0 Å². The van der Waals surface area contributed by atoms with Gasteiger partial charge in [-0.2, -0.15) is 5.26 Å². The summed E-state index contributed by atoms with van der Waals surface area (Å²) in [6.07, 6.45) is 0.0977. The molecule has 0 aliphatic heterocycles. The molecule has 0 spiro atoms. The number of carbonyl (C=O) groups is 1. The Labute approximate surface area is 112 Å². The molecule has 1 aromatic rings. The maximum absolute atomic E-state index is 11.3. The van der Waals surface area contributed by atoms with Gasteiger partial charge in [0.1, 0.15) is 6.07 Å². The van der Waals surface area contributed by atoms with E-state index >= 15 is 0 Å². The minimum atomic E-state index is -0.336. The van der Waals surface area contributed by atoms with E-state index in [9.17, 15) is 4.79 Å². The van der Waals surface area contributed by atoms with Gasteiger partial charge < -0.3 is 4.74 Å². The van der Waals surface area contributed by atoms with Gasteiger partial charge in [0.05, 0.1) is 23.6 Å². The first-order valence-corrected chi connectivity index (χ1v) is 6.08. The molecule has 1 rings (SSSR count). The Kier molecular flexibility index (Phi) is 5.03. The van der Waals surface area contributed by atoms with Gasteiger partial charge in [0, 0.05) is 3.57 Å². The molecule has 0 N–H and O–H groups in total. The fourth-order valence-corrected chi connectivity index (χ4v) is 2.28. The van der Waals surface area contributed by atoms with Crippen LogP contribution in [0.1, 0.15) is 18.1 Å². The van der Waals surface area contributed by atoms with Gasteiger partial charge >= 0.3 is 5.97 Å². The van der Waals surface area contributed by atoms with Crippen LogP contribution in [0.5, 0.6) is 0 Å². The van der Waals surface area contributed by atoms with Crippen LogP contribution in [0.15, 0.2) is 12.1 Å². The Balaban J connectivity index is 3.04. The largest absolute Gasteiger partial charge is 0.466 e. The molecule has 0 saturated carbocycles. The Morgan fingerprint density at radius 1 is 1.62 bits per heavy atom. The molecular weight excluding hydrogens is 340 g/mol. The zero-order chi connectivity index (χ0) is 12.1. The molecule has 0 atom stereocenters. The monoisotopic (exact) mass is 349 g/mol. The van der Waals surface area contributed by atoms with E-state index in [4.69, 9.17) is 21.6 Å². The number of ether oxygens (including phenoxy) is 1. The lowest BCUT2D eigenvalue weighted by atomic mass is 10.1. The van der Waals surface area contributed by atoms with Crippen molar-refractivity contribution < 1.29 is 9.53 Å². The lowest BCUT2D eigenvalue weighted by Crippen LogP contribution is -2.09. The van der Waals surface area contributed by atoms with E-state index in [0.717, 1.165) is 3.57 Å². The van der Waals surface area contributed by atoms with Crippen molar-refractivity contribution in [3.8, 4) is 6.07 Å². The molecule has 0 saturated heterocycles. The van der Waals surface area contributed by atoms with E-state index in [2.05, 4.69) is 22.6 Å². The highest BCUT2D eigenvalue weighted by Crippen LogP contribution is 2.26. The first kappa shape index (κ1) is 13.3. The smallest absolute Gasteiger partial charge is 0.310 e. The number of benzene rings is 1. The fraction of sp³-hybridized carbons (Fsp3) is 0.273. The highest BCUT2D eigenvalue weighted by Gasteiger charge is 2.14. The van der Waals surface area contributed by atoms with Crippen LogP contribution in [0.25, 0.3) is 0 Å². The summed E-state index contributed by atoms with van der Waals surface area (Å²) in [6, 6.07) is 5.38. The van der Waals surface area contributed by atoms with Crippen LogP contribution < -0.4 is 0 Å². The molecule has 84 valence electrons. The van der Waals surface area contributed by atoms with Gasteiger partial charge in [-0.05, 0) is 47.2 Å². The number of esters is 1. The highest BCUT2D eigenvalue weighted by atomic mass is 127. The Morgan fingerprint density at radius 3 is 2.88 bits per heavy atom. The number of carbonyl (C=O) groups excluding carboxylic acids is 1. The van der Waals surface area contributed by atoms with Crippen LogP contribution in [0.3, 0.4) is 0 Å². The summed E-state index contributed by atoms with van der Waals surface area (Å²) in [4.78, 5) is 11.3. The van der Waals surface area contributed by atoms with E-state index in [0.29, 0.717) is 22.8 Å². The Bertz CT molecular complexity index is 454. The number of nitriles is 1. The maximum Gasteiger partial charge on any atom is 0.310 e. The van der Waals surface area contributed by atoms with Gasteiger partial charge in [-0.25, -0.2) is 0 Å². The first-order valence-electron chi connectivity index (χ1n) is 4.62. The SMILES string of the molecule is CCOC(=O)Cc1c(I)ccc(C#N)c1Cl. The zero-order valence-corrected chi connectivity index (χ0v) is 11.5. The summed E-state index contributed by atoms with van der Waals surface area (Å²) in [5.41, 5.74) is 1.03. The van der Waals surface area contributed by atoms with E-state index in [1.165, 1.54) is 0 Å². The van der Waals surface area contributed by atoms with Gasteiger partial charge in [0.25, 0.3) is 0 Å². The van der Waals surface area contributed by atoms with Crippen LogP contribution in [0.4, 0.5) is 0 Å². The third-order valence-electron chi connectivity index (χ3n) is 1.93. The van der Waals surface area contributed by atoms with Crippen LogP contribution in [-0.2, 0) is 16.0 Å². The molecule has 3 nitrogen and oxygen atoms in total. The molecule has 0 bridgehead atoms. The minimum Gasteiger partial charge on any atom is -0.466 e. The Morgan fingerprint density at radius 2 is 2.31 bits per heavy atom. The van der Waals surface area contributed by atoms with Crippen LogP contribution in [0, 0.1) is 14.9 Å². The maximum atomic E-state index is 11.3. The lowest BCUT2D eigenvalue weighted by Gasteiger charge is -2.07. The number of hydrogen-bond acceptors (Lipinski definition) is 3. The van der Waals surface area contributed by atoms with Crippen molar-refractivity contribution in [2.45, 2.75) is 13.3 Å². The van der Waals surface area contributed by atoms with E-state index in [1.807, 2.05) is 6.07 Å². The molecule has 0 amide bonds. The van der Waals surface area contributed by atoms with Gasteiger partial charge in [-0.3, -0.25) is 4.79 Å². The zero-order valence-electron chi connectivity index (χ0n) is 8.59. The number of halogens is 2. The number of rotatable bonds is 3. The van der Waals surface area contributed by atoms with Crippen molar-refractivity contribution >= 4 is 40.2 Å². The molecular formula is C11H9ClINO2. The molecule has 16 heavy (non-hydrogen) atoms. The van der Waals surface area contributed by atoms with Crippen molar-refractivity contribution in [3.63, 3.8) is 0 Å². The van der Waals surface area contributed by atoms with E-state index < -0.39 is 0 Å². The summed E-state index contributed by atoms with van der Waals surface area (Å²) >= 11 is 8.10. The average molecular weight is 350 g/mol. The number of nitrogens with zero attached hydrogens (tertiary/aromatic N) is 1. The molecule has 0 heterocycles. The quantitative estimate of drug-likeness (QED) is 0.623. The van der Waals surface area contributed by atoms with E-state index in [1.54, 1.807) is 19.1 Å². The summed E-state index contributed by atoms with van der Waals surface area (Å²) in [6.45, 7) is 2.08. The summed E-state index contributed by atoms with van der Waals surface area (Å²) in [7, 11) is 0.